The highest BCUT2D eigenvalue weighted by molar-refractivity contribution is 6.10. The van der Waals surface area contributed by atoms with Gasteiger partial charge in [0.15, 0.2) is 0 Å². The smallest absolute Gasteiger partial charge is 0.123 e. The van der Waals surface area contributed by atoms with Crippen molar-refractivity contribution >= 4 is 22.3 Å². The fraction of sp³-hybridized carbons (Fsp3) is 0.389. The minimum atomic E-state index is 0.137. The van der Waals surface area contributed by atoms with Crippen LogP contribution in [0.15, 0.2) is 36.4 Å². The molecule has 3 nitrogen and oxygen atoms in total. The van der Waals surface area contributed by atoms with Crippen molar-refractivity contribution in [1.29, 1.82) is 5.41 Å². The molecule has 2 unspecified atom stereocenters. The molecule has 3 heteroatoms. The molecular weight excluding hydrogens is 258 g/mol. The van der Waals surface area contributed by atoms with Gasteiger partial charge in [-0.25, -0.2) is 0 Å². The summed E-state index contributed by atoms with van der Waals surface area (Å²) < 4.78 is 0. The quantitative estimate of drug-likeness (QED) is 0.652. The first kappa shape index (κ1) is 13.9. The molecule has 1 heterocycles. The molecule has 0 aliphatic carbocycles. The van der Waals surface area contributed by atoms with Gasteiger partial charge in [0, 0.05) is 29.7 Å². The summed E-state index contributed by atoms with van der Waals surface area (Å²) in [6.07, 6.45) is 1.31. The van der Waals surface area contributed by atoms with Crippen molar-refractivity contribution < 1.29 is 0 Å². The van der Waals surface area contributed by atoms with Crippen molar-refractivity contribution in [2.75, 3.05) is 18.0 Å². The van der Waals surface area contributed by atoms with E-state index in [0.29, 0.717) is 0 Å². The van der Waals surface area contributed by atoms with Gasteiger partial charge in [-0.3, -0.25) is 5.41 Å². The SMILES string of the molecule is CC1CC(C)CN(c2ccc(C(=N)N)c3ccccc23)C1. The number of nitrogens with two attached hydrogens (primary N) is 1. The Hall–Kier alpha value is -2.03. The summed E-state index contributed by atoms with van der Waals surface area (Å²) >= 11 is 0. The lowest BCUT2D eigenvalue weighted by atomic mass is 9.90. The summed E-state index contributed by atoms with van der Waals surface area (Å²) in [5.74, 6) is 1.58. The van der Waals surface area contributed by atoms with Crippen LogP contribution in [0, 0.1) is 17.2 Å². The van der Waals surface area contributed by atoms with Gasteiger partial charge in [-0.05, 0) is 35.8 Å². The Morgan fingerprint density at radius 3 is 2.29 bits per heavy atom. The van der Waals surface area contributed by atoms with Crippen LogP contribution < -0.4 is 10.6 Å². The first-order valence-electron chi connectivity index (χ1n) is 7.67. The highest BCUT2D eigenvalue weighted by Crippen LogP contribution is 2.33. The second kappa shape index (κ2) is 5.40. The summed E-state index contributed by atoms with van der Waals surface area (Å²) in [5, 5.41) is 10.0. The van der Waals surface area contributed by atoms with Gasteiger partial charge in [0.25, 0.3) is 0 Å². The minimum absolute atomic E-state index is 0.137. The van der Waals surface area contributed by atoms with Crippen molar-refractivity contribution in [3.63, 3.8) is 0 Å². The molecule has 2 aromatic rings. The van der Waals surface area contributed by atoms with E-state index < -0.39 is 0 Å². The van der Waals surface area contributed by atoms with Crippen LogP contribution in [0.2, 0.25) is 0 Å². The molecule has 1 aliphatic heterocycles. The summed E-state index contributed by atoms with van der Waals surface area (Å²) in [4.78, 5) is 2.49. The fourth-order valence-corrected chi connectivity index (χ4v) is 3.65. The summed E-state index contributed by atoms with van der Waals surface area (Å²) in [6, 6.07) is 12.4. The van der Waals surface area contributed by atoms with E-state index in [9.17, 15) is 0 Å². The number of amidine groups is 1. The van der Waals surface area contributed by atoms with E-state index in [0.717, 1.165) is 35.9 Å². The van der Waals surface area contributed by atoms with Gasteiger partial charge in [0.2, 0.25) is 0 Å². The van der Waals surface area contributed by atoms with Crippen molar-refractivity contribution in [3.8, 4) is 0 Å². The number of anilines is 1. The Labute approximate surface area is 126 Å². The number of rotatable bonds is 2. The van der Waals surface area contributed by atoms with Crippen LogP contribution >= 0.6 is 0 Å². The maximum Gasteiger partial charge on any atom is 0.123 e. The zero-order valence-electron chi connectivity index (χ0n) is 12.8. The van der Waals surface area contributed by atoms with Crippen LogP contribution in [0.4, 0.5) is 5.69 Å². The number of benzene rings is 2. The second-order valence-corrected chi connectivity index (χ2v) is 6.44. The Balaban J connectivity index is 2.11. The molecular formula is C18H23N3. The predicted octanol–water partition coefficient (Wildman–Crippen LogP) is 3.61. The van der Waals surface area contributed by atoms with Crippen LogP contribution in [0.25, 0.3) is 10.8 Å². The molecule has 1 saturated heterocycles. The molecule has 0 amide bonds. The molecule has 2 atom stereocenters. The van der Waals surface area contributed by atoms with E-state index in [2.05, 4.69) is 43.0 Å². The highest BCUT2D eigenvalue weighted by Gasteiger charge is 2.23. The standard InChI is InChI=1S/C18H23N3/c1-12-9-13(2)11-21(10-12)17-8-7-16(18(19)20)14-5-3-4-6-15(14)17/h3-8,12-13H,9-11H2,1-2H3,(H3,19,20). The second-order valence-electron chi connectivity index (χ2n) is 6.44. The van der Waals surface area contributed by atoms with Gasteiger partial charge in [0.05, 0.1) is 0 Å². The van der Waals surface area contributed by atoms with Gasteiger partial charge < -0.3 is 10.6 Å². The average Bonchev–Trinajstić information content (AvgIpc) is 2.44. The first-order valence-corrected chi connectivity index (χ1v) is 7.67. The minimum Gasteiger partial charge on any atom is -0.384 e. The topological polar surface area (TPSA) is 53.1 Å². The van der Waals surface area contributed by atoms with Gasteiger partial charge in [-0.15, -0.1) is 0 Å². The largest absolute Gasteiger partial charge is 0.384 e. The molecule has 1 aliphatic rings. The predicted molar refractivity (Wildman–Crippen MR) is 90.1 cm³/mol. The molecule has 110 valence electrons. The van der Waals surface area contributed by atoms with Gasteiger partial charge in [0.1, 0.15) is 5.84 Å². The van der Waals surface area contributed by atoms with Crippen LogP contribution in [0.1, 0.15) is 25.8 Å². The van der Waals surface area contributed by atoms with E-state index in [-0.39, 0.29) is 5.84 Å². The number of nitrogens with zero attached hydrogens (tertiary/aromatic N) is 1. The number of hydrogen-bond donors (Lipinski definition) is 2. The van der Waals surface area contributed by atoms with Crippen molar-refractivity contribution in [2.24, 2.45) is 17.6 Å². The van der Waals surface area contributed by atoms with Crippen LogP contribution in [-0.2, 0) is 0 Å². The molecule has 0 aromatic heterocycles. The zero-order chi connectivity index (χ0) is 15.0. The van der Waals surface area contributed by atoms with E-state index in [1.165, 1.54) is 17.5 Å². The van der Waals surface area contributed by atoms with E-state index >= 15 is 0 Å². The Morgan fingerprint density at radius 2 is 1.67 bits per heavy atom. The Bertz CT molecular complexity index is 667. The maximum atomic E-state index is 7.76. The third-order valence-corrected chi connectivity index (χ3v) is 4.40. The lowest BCUT2D eigenvalue weighted by Crippen LogP contribution is -2.38. The van der Waals surface area contributed by atoms with Gasteiger partial charge >= 0.3 is 0 Å². The number of fused-ring (bicyclic) bond motifs is 1. The van der Waals surface area contributed by atoms with Gasteiger partial charge in [-0.2, -0.15) is 0 Å². The molecule has 0 radical (unpaired) electrons. The fourth-order valence-electron chi connectivity index (χ4n) is 3.65. The number of nitrogens with one attached hydrogen (secondary N) is 1. The molecule has 2 aromatic carbocycles. The third kappa shape index (κ3) is 2.60. The third-order valence-electron chi connectivity index (χ3n) is 4.40. The van der Waals surface area contributed by atoms with E-state index in [4.69, 9.17) is 11.1 Å². The summed E-state index contributed by atoms with van der Waals surface area (Å²) in [6.45, 7) is 6.87. The molecule has 0 saturated carbocycles. The summed E-state index contributed by atoms with van der Waals surface area (Å²) in [5.41, 5.74) is 7.82. The molecule has 21 heavy (non-hydrogen) atoms. The lowest BCUT2D eigenvalue weighted by Gasteiger charge is -2.37. The Kier molecular flexibility index (Phi) is 3.58. The molecule has 1 fully saturated rings. The van der Waals surface area contributed by atoms with Crippen molar-refractivity contribution in [2.45, 2.75) is 20.3 Å². The average molecular weight is 281 g/mol. The van der Waals surface area contributed by atoms with E-state index in [1.807, 2.05) is 12.1 Å². The number of hydrogen-bond acceptors (Lipinski definition) is 2. The van der Waals surface area contributed by atoms with Crippen LogP contribution in [-0.4, -0.2) is 18.9 Å². The number of nitrogen functional groups attached to an aromatic ring is 1. The monoisotopic (exact) mass is 281 g/mol. The zero-order valence-corrected chi connectivity index (χ0v) is 12.8. The van der Waals surface area contributed by atoms with Crippen LogP contribution in [0.3, 0.4) is 0 Å². The van der Waals surface area contributed by atoms with Crippen molar-refractivity contribution in [3.05, 3.63) is 42.0 Å². The van der Waals surface area contributed by atoms with Crippen LogP contribution in [0.5, 0.6) is 0 Å². The highest BCUT2D eigenvalue weighted by atomic mass is 15.1. The normalized spacial score (nSPS) is 22.5. The number of piperidine rings is 1. The first-order chi connectivity index (χ1) is 10.1. The summed E-state index contributed by atoms with van der Waals surface area (Å²) in [7, 11) is 0. The van der Waals surface area contributed by atoms with Crippen molar-refractivity contribution in [1.82, 2.24) is 0 Å². The molecule has 0 bridgehead atoms. The maximum absolute atomic E-state index is 7.76. The van der Waals surface area contributed by atoms with E-state index in [1.54, 1.807) is 0 Å². The molecule has 3 N–H and O–H groups in total. The molecule has 3 rings (SSSR count). The molecule has 0 spiro atoms. The van der Waals surface area contributed by atoms with Gasteiger partial charge in [-0.1, -0.05) is 38.1 Å². The Morgan fingerprint density at radius 1 is 1.05 bits per heavy atom. The lowest BCUT2D eigenvalue weighted by molar-refractivity contribution is 0.357.